The fourth-order valence-corrected chi connectivity index (χ4v) is 1.11. The lowest BCUT2D eigenvalue weighted by Gasteiger charge is -2.02. The Balaban J connectivity index is 0. The Morgan fingerprint density at radius 3 is 2.00 bits per heavy atom. The maximum atomic E-state index is 10.7. The number of unbranched alkanes of at least 4 members (excludes halogenated alkanes) is 3. The molecule has 0 aliphatic rings. The van der Waals surface area contributed by atoms with Gasteiger partial charge >= 0.3 is 5.97 Å². The highest BCUT2D eigenvalue weighted by Crippen LogP contribution is 2.06. The van der Waals surface area contributed by atoms with E-state index in [0.29, 0.717) is 18.7 Å². The number of hydrogen-bond acceptors (Lipinski definition) is 4. The third kappa shape index (κ3) is 11.2. The molecule has 90 valence electrons. The molecule has 4 nitrogen and oxygen atoms in total. The predicted molar refractivity (Wildman–Crippen MR) is 61.7 cm³/mol. The molecule has 0 saturated heterocycles. The van der Waals surface area contributed by atoms with Gasteiger partial charge in [-0.05, 0) is 12.8 Å². The molecule has 0 spiro atoms. The van der Waals surface area contributed by atoms with Gasteiger partial charge in [-0.2, -0.15) is 0 Å². The quantitative estimate of drug-likeness (QED) is 0.320. The first kappa shape index (κ1) is 16.7. The lowest BCUT2D eigenvalue weighted by Crippen LogP contribution is -2.00. The summed E-state index contributed by atoms with van der Waals surface area (Å²) >= 11 is 0. The second kappa shape index (κ2) is 11.3. The normalized spacial score (nSPS) is 8.93. The minimum atomic E-state index is -0.144. The van der Waals surface area contributed by atoms with Crippen LogP contribution in [-0.2, 0) is 14.3 Å². The molecule has 0 saturated carbocycles. The van der Waals surface area contributed by atoms with Crippen LogP contribution in [0.2, 0.25) is 0 Å². The van der Waals surface area contributed by atoms with Crippen LogP contribution in [0.4, 0.5) is 0 Å². The molecule has 0 aromatic carbocycles. The summed E-state index contributed by atoms with van der Waals surface area (Å²) in [6.45, 7) is 0. The van der Waals surface area contributed by atoms with Crippen molar-refractivity contribution >= 4 is 24.3 Å². The highest BCUT2D eigenvalue weighted by atomic mass is 35.5. The van der Waals surface area contributed by atoms with Crippen LogP contribution in [0.15, 0.2) is 0 Å². The molecule has 0 aliphatic carbocycles. The van der Waals surface area contributed by atoms with E-state index in [1.54, 1.807) is 0 Å². The lowest BCUT2D eigenvalue weighted by atomic mass is 10.1. The fraction of sp³-hybridized carbons (Fsp3) is 0.800. The van der Waals surface area contributed by atoms with Crippen LogP contribution in [0.5, 0.6) is 0 Å². The summed E-state index contributed by atoms with van der Waals surface area (Å²) < 4.78 is 9.24. The van der Waals surface area contributed by atoms with Crippen LogP contribution >= 0.6 is 12.4 Å². The molecule has 0 aromatic rings. The summed E-state index contributed by atoms with van der Waals surface area (Å²) in [6.07, 6.45) is 5.04. The topological polar surface area (TPSA) is 59.4 Å². The molecule has 5 heteroatoms. The van der Waals surface area contributed by atoms with Gasteiger partial charge in [-0.1, -0.05) is 12.8 Å². The molecule has 0 unspecified atom stereocenters. The Bertz CT molecular complexity index is 166. The van der Waals surface area contributed by atoms with Gasteiger partial charge in [0, 0.05) is 12.8 Å². The fourth-order valence-electron chi connectivity index (χ4n) is 1.11. The zero-order valence-corrected chi connectivity index (χ0v) is 10.2. The van der Waals surface area contributed by atoms with Crippen LogP contribution < -0.4 is 0 Å². The lowest BCUT2D eigenvalue weighted by molar-refractivity contribution is -0.140. The van der Waals surface area contributed by atoms with E-state index in [2.05, 4.69) is 4.74 Å². The highest BCUT2D eigenvalue weighted by Gasteiger charge is 1.99. The van der Waals surface area contributed by atoms with Crippen LogP contribution in [-0.4, -0.2) is 26.1 Å². The molecule has 0 heterocycles. The average molecular weight is 238 g/mol. The Morgan fingerprint density at radius 2 is 1.53 bits per heavy atom. The summed E-state index contributed by atoms with van der Waals surface area (Å²) in [4.78, 5) is 10.7. The van der Waals surface area contributed by atoms with Gasteiger partial charge in [-0.15, -0.1) is 12.4 Å². The Kier molecular flexibility index (Phi) is 12.6. The molecule has 15 heavy (non-hydrogen) atoms. The zero-order valence-electron chi connectivity index (χ0n) is 9.38. The Morgan fingerprint density at radius 1 is 1.00 bits per heavy atom. The number of ether oxygens (including phenoxy) is 2. The van der Waals surface area contributed by atoms with Gasteiger partial charge < -0.3 is 9.47 Å². The van der Waals surface area contributed by atoms with E-state index >= 15 is 0 Å². The van der Waals surface area contributed by atoms with E-state index < -0.39 is 0 Å². The van der Waals surface area contributed by atoms with Crippen molar-refractivity contribution in [2.45, 2.75) is 38.5 Å². The third-order valence-electron chi connectivity index (χ3n) is 2.01. The number of halogens is 1. The summed E-state index contributed by atoms with van der Waals surface area (Å²) in [5, 5.41) is 7.22. The average Bonchev–Trinajstić information content (AvgIpc) is 2.22. The molecular formula is C10H20ClNO3. The monoisotopic (exact) mass is 237 g/mol. The SMILES string of the molecule is COC(=N)CCCCCCC(=O)OC.Cl. The first-order valence-corrected chi connectivity index (χ1v) is 4.89. The van der Waals surface area contributed by atoms with E-state index in [9.17, 15) is 4.79 Å². The van der Waals surface area contributed by atoms with Gasteiger partial charge in [0.05, 0.1) is 14.2 Å². The summed E-state index contributed by atoms with van der Waals surface area (Å²) in [5.74, 6) is 0.188. The van der Waals surface area contributed by atoms with Crippen LogP contribution in [0.3, 0.4) is 0 Å². The van der Waals surface area contributed by atoms with Gasteiger partial charge in [-0.25, -0.2) is 0 Å². The standard InChI is InChI=1S/C10H19NO3.ClH/c1-13-9(11)7-5-3-4-6-8-10(12)14-2;/h11H,3-8H2,1-2H3;1H. The van der Waals surface area contributed by atoms with Crippen molar-refractivity contribution in [1.29, 1.82) is 5.41 Å². The molecular weight excluding hydrogens is 218 g/mol. The number of rotatable bonds is 7. The Labute approximate surface area is 97.3 Å². The van der Waals surface area contributed by atoms with Crippen molar-refractivity contribution in [3.63, 3.8) is 0 Å². The van der Waals surface area contributed by atoms with Crippen LogP contribution in [0.25, 0.3) is 0 Å². The molecule has 0 amide bonds. The van der Waals surface area contributed by atoms with E-state index in [1.807, 2.05) is 0 Å². The van der Waals surface area contributed by atoms with Gasteiger partial charge in [0.2, 0.25) is 0 Å². The largest absolute Gasteiger partial charge is 0.484 e. The van der Waals surface area contributed by atoms with E-state index in [4.69, 9.17) is 10.1 Å². The van der Waals surface area contributed by atoms with Crippen LogP contribution in [0.1, 0.15) is 38.5 Å². The predicted octanol–water partition coefficient (Wildman–Crippen LogP) is 2.55. The second-order valence-corrected chi connectivity index (χ2v) is 3.12. The van der Waals surface area contributed by atoms with Crippen molar-refractivity contribution < 1.29 is 14.3 Å². The van der Waals surface area contributed by atoms with Crippen molar-refractivity contribution in [2.24, 2.45) is 0 Å². The number of carbonyl (C=O) groups excluding carboxylic acids is 1. The number of carbonyl (C=O) groups is 1. The molecule has 0 atom stereocenters. The van der Waals surface area contributed by atoms with Gasteiger partial charge in [0.25, 0.3) is 0 Å². The minimum Gasteiger partial charge on any atom is -0.484 e. The zero-order chi connectivity index (χ0) is 10.8. The molecule has 0 aliphatic heterocycles. The molecule has 0 fully saturated rings. The number of esters is 1. The van der Waals surface area contributed by atoms with Gasteiger partial charge in [0.15, 0.2) is 5.90 Å². The van der Waals surface area contributed by atoms with E-state index in [-0.39, 0.29) is 18.4 Å². The highest BCUT2D eigenvalue weighted by molar-refractivity contribution is 5.85. The molecule has 0 bridgehead atoms. The molecule has 1 N–H and O–H groups in total. The first-order valence-electron chi connectivity index (χ1n) is 4.89. The smallest absolute Gasteiger partial charge is 0.305 e. The van der Waals surface area contributed by atoms with E-state index in [0.717, 1.165) is 25.7 Å². The minimum absolute atomic E-state index is 0. The van der Waals surface area contributed by atoms with Crippen molar-refractivity contribution in [3.8, 4) is 0 Å². The first-order chi connectivity index (χ1) is 6.70. The number of nitrogens with one attached hydrogen (secondary N) is 1. The maximum absolute atomic E-state index is 10.7. The number of hydrogen-bond donors (Lipinski definition) is 1. The second-order valence-electron chi connectivity index (χ2n) is 3.12. The van der Waals surface area contributed by atoms with Crippen LogP contribution in [0, 0.1) is 5.41 Å². The Hall–Kier alpha value is -0.770. The third-order valence-corrected chi connectivity index (χ3v) is 2.01. The number of methoxy groups -OCH3 is 2. The summed E-state index contributed by atoms with van der Waals surface area (Å²) in [7, 11) is 2.92. The molecule has 0 radical (unpaired) electrons. The summed E-state index contributed by atoms with van der Waals surface area (Å²) in [6, 6.07) is 0. The van der Waals surface area contributed by atoms with Crippen molar-refractivity contribution in [2.75, 3.05) is 14.2 Å². The summed E-state index contributed by atoms with van der Waals surface area (Å²) in [5.41, 5.74) is 0. The molecule has 0 rings (SSSR count). The van der Waals surface area contributed by atoms with Crippen molar-refractivity contribution in [1.82, 2.24) is 0 Å². The molecule has 0 aromatic heterocycles. The van der Waals surface area contributed by atoms with Gasteiger partial charge in [-0.3, -0.25) is 10.2 Å². The van der Waals surface area contributed by atoms with E-state index in [1.165, 1.54) is 14.2 Å². The van der Waals surface area contributed by atoms with Gasteiger partial charge in [0.1, 0.15) is 0 Å². The maximum Gasteiger partial charge on any atom is 0.305 e. The van der Waals surface area contributed by atoms with Crippen molar-refractivity contribution in [3.05, 3.63) is 0 Å².